The maximum Gasteiger partial charge on any atom is 0.509 e. The van der Waals surface area contributed by atoms with Crippen LogP contribution in [0.1, 0.15) is 126 Å². The quantitative estimate of drug-likeness (QED) is 0.155. The van der Waals surface area contributed by atoms with Crippen LogP contribution in [0.5, 0.6) is 0 Å². The van der Waals surface area contributed by atoms with E-state index in [2.05, 4.69) is 13.0 Å². The van der Waals surface area contributed by atoms with Gasteiger partial charge in [-0.25, -0.2) is 9.59 Å². The number of rotatable bonds is 6. The highest BCUT2D eigenvalue weighted by atomic mass is 16.8. The number of hydrogen-bond acceptors (Lipinski definition) is 14. The van der Waals surface area contributed by atoms with Crippen LogP contribution < -0.4 is 0 Å². The number of amides is 1. The lowest BCUT2D eigenvalue weighted by molar-refractivity contribution is -0.265. The number of allylic oxidation sites excluding steroid dienone is 6. The van der Waals surface area contributed by atoms with Gasteiger partial charge in [0.2, 0.25) is 5.79 Å². The molecule has 2 N–H and O–H groups in total. The molecule has 16 atom stereocenters. The van der Waals surface area contributed by atoms with Crippen LogP contribution in [0, 0.1) is 35.5 Å². The molecular weight excluding hydrogens is 863 g/mol. The van der Waals surface area contributed by atoms with Gasteiger partial charge in [-0.15, -0.1) is 0 Å². The zero-order valence-corrected chi connectivity index (χ0v) is 41.6. The third kappa shape index (κ3) is 13.7. The number of carbonyl (C=O) groups excluding carboxylic acids is 5. The molecule has 5 rings (SSSR count). The Bertz CT molecular complexity index is 1840. The second kappa shape index (κ2) is 24.7. The predicted octanol–water partition coefficient (Wildman–Crippen LogP) is 7.15. The van der Waals surface area contributed by atoms with Gasteiger partial charge in [0.1, 0.15) is 30.1 Å². The molecule has 4 heterocycles. The van der Waals surface area contributed by atoms with Crippen LogP contribution in [-0.2, 0) is 52.3 Å². The van der Waals surface area contributed by atoms with Crippen LogP contribution in [0.15, 0.2) is 47.6 Å². The van der Waals surface area contributed by atoms with Crippen LogP contribution in [-0.4, -0.2) is 133 Å². The van der Waals surface area contributed by atoms with Gasteiger partial charge in [-0.05, 0) is 113 Å². The van der Waals surface area contributed by atoms with Crippen molar-refractivity contribution in [2.24, 2.45) is 35.5 Å². The molecule has 0 aromatic heterocycles. The zero-order chi connectivity index (χ0) is 49.2. The molecular formula is C52H79NO14. The molecule has 0 aromatic rings. The minimum absolute atomic E-state index is 0.0948. The van der Waals surface area contributed by atoms with Crippen LogP contribution in [0.2, 0.25) is 0 Å². The topological polar surface area (TPSA) is 194 Å². The van der Waals surface area contributed by atoms with Gasteiger partial charge in [-0.3, -0.25) is 14.4 Å². The van der Waals surface area contributed by atoms with Crippen LogP contribution in [0.3, 0.4) is 0 Å². The largest absolute Gasteiger partial charge is 0.509 e. The van der Waals surface area contributed by atoms with E-state index in [9.17, 15) is 34.2 Å². The summed E-state index contributed by atoms with van der Waals surface area (Å²) in [6.07, 6.45) is 11.4. The summed E-state index contributed by atoms with van der Waals surface area (Å²) in [4.78, 5) is 71.4. The van der Waals surface area contributed by atoms with Crippen molar-refractivity contribution in [3.8, 4) is 0 Å². The van der Waals surface area contributed by atoms with Gasteiger partial charge in [0.15, 0.2) is 6.10 Å². The number of cyclic esters (lactones) is 1. The van der Waals surface area contributed by atoms with Crippen LogP contribution in [0.25, 0.3) is 0 Å². The first-order chi connectivity index (χ1) is 31.8. The van der Waals surface area contributed by atoms with Gasteiger partial charge >= 0.3 is 12.1 Å². The molecule has 3 saturated heterocycles. The molecule has 4 aliphatic heterocycles. The Morgan fingerprint density at radius 3 is 2.28 bits per heavy atom. The Labute approximate surface area is 398 Å². The molecule has 1 amide bonds. The Morgan fingerprint density at radius 1 is 0.836 bits per heavy atom. The first-order valence-corrected chi connectivity index (χ1v) is 24.6. The third-order valence-corrected chi connectivity index (χ3v) is 15.1. The van der Waals surface area contributed by atoms with Crippen molar-refractivity contribution in [3.05, 3.63) is 47.6 Å². The fourth-order valence-corrected chi connectivity index (χ4v) is 10.8. The number of hydrogen-bond donors (Lipinski definition) is 2. The maximum atomic E-state index is 14.4. The lowest BCUT2D eigenvalue weighted by Crippen LogP contribution is -2.61. The van der Waals surface area contributed by atoms with Crippen molar-refractivity contribution >= 4 is 29.6 Å². The number of piperidine rings is 1. The average Bonchev–Trinajstić information content (AvgIpc) is 3.30. The lowest BCUT2D eigenvalue weighted by Gasteiger charge is -2.42. The Kier molecular flexibility index (Phi) is 20.0. The van der Waals surface area contributed by atoms with E-state index in [1.165, 1.54) is 4.90 Å². The lowest BCUT2D eigenvalue weighted by atomic mass is 9.78. The van der Waals surface area contributed by atoms with Crippen molar-refractivity contribution in [2.45, 2.75) is 186 Å². The highest BCUT2D eigenvalue weighted by molar-refractivity contribution is 6.39. The summed E-state index contributed by atoms with van der Waals surface area (Å²) in [5.74, 6) is -7.13. The summed E-state index contributed by atoms with van der Waals surface area (Å²) in [5, 5.41) is 22.5. The van der Waals surface area contributed by atoms with E-state index in [1.54, 1.807) is 48.2 Å². The fraction of sp³-hybridized carbons (Fsp3) is 0.750. The highest BCUT2D eigenvalue weighted by Gasteiger charge is 2.53. The number of ether oxygens (including phenoxy) is 7. The number of fused-ring (bicyclic) bond motifs is 5. The maximum absolute atomic E-state index is 14.4. The Morgan fingerprint density at radius 2 is 1.58 bits per heavy atom. The van der Waals surface area contributed by atoms with Crippen molar-refractivity contribution < 1.29 is 67.3 Å². The molecule has 4 bridgehead atoms. The summed E-state index contributed by atoms with van der Waals surface area (Å²) in [5.41, 5.74) is 1.51. The Hall–Kier alpha value is -3.73. The molecule has 0 aromatic carbocycles. The van der Waals surface area contributed by atoms with Gasteiger partial charge in [-0.1, -0.05) is 71.1 Å². The molecule has 4 fully saturated rings. The molecule has 15 heteroatoms. The average molecular weight is 942 g/mol. The van der Waals surface area contributed by atoms with Gasteiger partial charge in [0, 0.05) is 52.6 Å². The monoisotopic (exact) mass is 942 g/mol. The molecule has 0 radical (unpaired) electrons. The highest BCUT2D eigenvalue weighted by Crippen LogP contribution is 2.38. The van der Waals surface area contributed by atoms with Gasteiger partial charge in [-0.2, -0.15) is 0 Å². The van der Waals surface area contributed by atoms with E-state index in [1.807, 2.05) is 45.1 Å². The normalized spacial score (nSPS) is 41.3. The first kappa shape index (κ1) is 54.2. The summed E-state index contributed by atoms with van der Waals surface area (Å²) in [7, 11) is 4.71. The van der Waals surface area contributed by atoms with E-state index in [4.69, 9.17) is 33.2 Å². The smallest absolute Gasteiger partial charge is 0.460 e. The van der Waals surface area contributed by atoms with Gasteiger partial charge < -0.3 is 48.3 Å². The number of methoxy groups -OCH3 is 3. The molecule has 1 aliphatic carbocycles. The van der Waals surface area contributed by atoms with Crippen molar-refractivity contribution in [1.82, 2.24) is 4.90 Å². The molecule has 67 heavy (non-hydrogen) atoms. The van der Waals surface area contributed by atoms with E-state index in [-0.39, 0.29) is 54.9 Å². The van der Waals surface area contributed by atoms with Gasteiger partial charge in [0.05, 0.1) is 24.4 Å². The Balaban J connectivity index is 1.49. The summed E-state index contributed by atoms with van der Waals surface area (Å²) < 4.78 is 41.4. The number of ketones is 2. The third-order valence-electron chi connectivity index (χ3n) is 15.1. The molecule has 15 nitrogen and oxygen atoms in total. The summed E-state index contributed by atoms with van der Waals surface area (Å²) in [6.45, 7) is 13.3. The molecule has 0 spiro atoms. The SMILES string of the molecule is COC1CC2CC[C@@H](C)[C@@](O)(O2)C(=O)C(=O)N2CCCC[C@H]2C(=O)O[C@H]([C@H](C)C[C@@H]2CC[C@@H](O)[C@H](OC)C2)CC(=O)[C@H](C)/C=C(\C)[C@H]2OC(=O)O[C@H]([C@@H]2OC)[C@H](C)C[C@H](C)/C=C/C=C/C=C/1C. The molecule has 1 saturated carbocycles. The minimum atomic E-state index is -2.42. The number of aliphatic hydroxyl groups excluding tert-OH is 1. The second-order valence-corrected chi connectivity index (χ2v) is 20.2. The number of nitrogens with zero attached hydrogens (tertiary/aromatic N) is 1. The minimum Gasteiger partial charge on any atom is -0.460 e. The molecule has 5 aliphatic rings. The number of aliphatic hydroxyl groups is 2. The number of esters is 1. The second-order valence-electron chi connectivity index (χ2n) is 20.2. The van der Waals surface area contributed by atoms with Crippen LogP contribution in [0.4, 0.5) is 4.79 Å². The molecule has 2 unspecified atom stereocenters. The van der Waals surface area contributed by atoms with Crippen LogP contribution >= 0.6 is 0 Å². The number of carbonyl (C=O) groups is 5. The van der Waals surface area contributed by atoms with Gasteiger partial charge in [0.25, 0.3) is 11.7 Å². The van der Waals surface area contributed by atoms with Crippen molar-refractivity contribution in [1.29, 1.82) is 0 Å². The van der Waals surface area contributed by atoms with E-state index >= 15 is 0 Å². The molecule has 376 valence electrons. The standard InChI is InChI=1S/C52H79NO14/c1-30-16-12-11-13-17-31(2)42(61-8)28-38-21-19-36(7)52(60,67-38)48(56)49(57)53-23-15-14-18-39(53)50(58)64-43(33(4)26-37-20-22-40(54)44(27-37)62-9)29-41(55)32(3)25-35(6)46-47(63-10)45(34(5)24-30)65-51(59)66-46/h11-13,16-17,25,30,32-34,36-40,42-47,54,60H,14-15,18-24,26-29H2,1-10H3/b13-11+,16-12+,31-17+,35-25+/t30-,32-,33-,34-,36-,37+,38?,39+,40-,42?,43+,44-,45+,46-,47+,52-/m1/s1. The van der Waals surface area contributed by atoms with Crippen molar-refractivity contribution in [2.75, 3.05) is 27.9 Å². The van der Waals surface area contributed by atoms with Crippen molar-refractivity contribution in [3.63, 3.8) is 0 Å². The number of Topliss-reactive ketones (excluding diaryl/α,β-unsaturated/α-hetero) is 2. The summed E-state index contributed by atoms with van der Waals surface area (Å²) in [6, 6.07) is -1.13. The predicted molar refractivity (Wildman–Crippen MR) is 249 cm³/mol. The van der Waals surface area contributed by atoms with E-state index in [0.717, 1.165) is 12.0 Å². The zero-order valence-electron chi connectivity index (χ0n) is 41.6. The van der Waals surface area contributed by atoms with E-state index < -0.39 is 90.2 Å². The van der Waals surface area contributed by atoms with E-state index in [0.29, 0.717) is 63.4 Å². The first-order valence-electron chi connectivity index (χ1n) is 24.6. The summed E-state index contributed by atoms with van der Waals surface area (Å²) >= 11 is 0. The fourth-order valence-electron chi connectivity index (χ4n) is 10.8.